The third kappa shape index (κ3) is 3.13. The summed E-state index contributed by atoms with van der Waals surface area (Å²) in [5.41, 5.74) is 5.13. The zero-order valence-corrected chi connectivity index (χ0v) is 18.0. The van der Waals surface area contributed by atoms with Gasteiger partial charge in [-0.1, -0.05) is 18.2 Å². The number of fused-ring (bicyclic) bond motifs is 1. The molecule has 2 N–H and O–H groups in total. The van der Waals surface area contributed by atoms with Crippen molar-refractivity contribution < 1.29 is 19.1 Å². The number of furan rings is 1. The highest BCUT2D eigenvalue weighted by Crippen LogP contribution is 2.46. The predicted molar refractivity (Wildman–Crippen MR) is 119 cm³/mol. The van der Waals surface area contributed by atoms with Crippen LogP contribution < -0.4 is 4.74 Å². The Morgan fingerprint density at radius 1 is 1.19 bits per heavy atom. The van der Waals surface area contributed by atoms with Gasteiger partial charge in [0.1, 0.15) is 28.6 Å². The zero-order chi connectivity index (χ0) is 22.4. The second kappa shape index (κ2) is 7.60. The molecule has 7 heteroatoms. The van der Waals surface area contributed by atoms with Gasteiger partial charge in [-0.25, -0.2) is 0 Å². The molecular weight excluding hydrogens is 406 g/mol. The van der Waals surface area contributed by atoms with Crippen molar-refractivity contribution in [1.29, 1.82) is 0 Å². The number of aromatic nitrogens is 2. The molecule has 162 valence electrons. The Bertz CT molecular complexity index is 1270. The topological polar surface area (TPSA) is 91.6 Å². The number of ether oxygens (including phenoxy) is 1. The minimum absolute atomic E-state index is 0.141. The molecule has 0 fully saturated rings. The fourth-order valence-corrected chi connectivity index (χ4v) is 4.51. The fraction of sp³-hybridized carbons (Fsp3) is 0.200. The normalized spacial score (nSPS) is 15.3. The summed E-state index contributed by atoms with van der Waals surface area (Å²) in [6.45, 7) is 4.17. The van der Waals surface area contributed by atoms with Gasteiger partial charge in [0.05, 0.1) is 26.0 Å². The highest BCUT2D eigenvalue weighted by atomic mass is 16.5. The van der Waals surface area contributed by atoms with Gasteiger partial charge in [-0.15, -0.1) is 0 Å². The number of benzene rings is 2. The van der Waals surface area contributed by atoms with E-state index in [1.165, 1.54) is 0 Å². The van der Waals surface area contributed by atoms with Crippen molar-refractivity contribution >= 4 is 5.91 Å². The first-order valence-corrected chi connectivity index (χ1v) is 10.3. The smallest absolute Gasteiger partial charge is 0.273 e. The Hall–Kier alpha value is -4.00. The van der Waals surface area contributed by atoms with Gasteiger partial charge in [-0.3, -0.25) is 9.89 Å². The van der Waals surface area contributed by atoms with E-state index in [4.69, 9.17) is 9.15 Å². The van der Waals surface area contributed by atoms with E-state index in [-0.39, 0.29) is 11.7 Å². The molecule has 0 radical (unpaired) electrons. The van der Waals surface area contributed by atoms with Crippen LogP contribution in [0.15, 0.2) is 59.2 Å². The Morgan fingerprint density at radius 3 is 2.62 bits per heavy atom. The highest BCUT2D eigenvalue weighted by Gasteiger charge is 2.43. The molecule has 2 aromatic heterocycles. The molecule has 0 saturated carbocycles. The van der Waals surface area contributed by atoms with Crippen molar-refractivity contribution in [2.45, 2.75) is 26.4 Å². The van der Waals surface area contributed by atoms with Crippen LogP contribution in [0.25, 0.3) is 11.3 Å². The van der Waals surface area contributed by atoms with E-state index in [0.717, 1.165) is 28.0 Å². The molecule has 1 aliphatic heterocycles. The number of amides is 1. The summed E-state index contributed by atoms with van der Waals surface area (Å²) in [5, 5.41) is 18.2. The van der Waals surface area contributed by atoms with E-state index in [1.807, 2.05) is 50.2 Å². The molecule has 0 bridgehead atoms. The van der Waals surface area contributed by atoms with Crippen molar-refractivity contribution in [3.05, 3.63) is 88.5 Å². The van der Waals surface area contributed by atoms with Crippen LogP contribution in [0.2, 0.25) is 0 Å². The first-order chi connectivity index (χ1) is 15.5. The lowest BCUT2D eigenvalue weighted by atomic mass is 9.93. The van der Waals surface area contributed by atoms with E-state index in [1.54, 1.807) is 30.4 Å². The van der Waals surface area contributed by atoms with E-state index in [2.05, 4.69) is 10.2 Å². The van der Waals surface area contributed by atoms with Crippen molar-refractivity contribution in [3.63, 3.8) is 0 Å². The van der Waals surface area contributed by atoms with Gasteiger partial charge in [0.15, 0.2) is 0 Å². The molecule has 0 saturated heterocycles. The number of nitrogens with zero attached hydrogens (tertiary/aromatic N) is 2. The number of nitrogens with one attached hydrogen (secondary N) is 1. The third-order valence-corrected chi connectivity index (χ3v) is 5.90. The summed E-state index contributed by atoms with van der Waals surface area (Å²) in [6, 6.07) is 14.6. The quantitative estimate of drug-likeness (QED) is 0.478. The Labute approximate surface area is 185 Å². The minimum atomic E-state index is -0.401. The van der Waals surface area contributed by atoms with Gasteiger partial charge in [-0.2, -0.15) is 5.10 Å². The van der Waals surface area contributed by atoms with Gasteiger partial charge in [0.2, 0.25) is 0 Å². The van der Waals surface area contributed by atoms with Crippen molar-refractivity contribution in [1.82, 2.24) is 15.1 Å². The molecule has 4 aromatic rings. The monoisotopic (exact) mass is 429 g/mol. The van der Waals surface area contributed by atoms with E-state index < -0.39 is 6.04 Å². The van der Waals surface area contributed by atoms with Gasteiger partial charge in [0, 0.05) is 11.1 Å². The van der Waals surface area contributed by atoms with Crippen LogP contribution >= 0.6 is 0 Å². The van der Waals surface area contributed by atoms with Crippen molar-refractivity contribution in [2.75, 3.05) is 7.11 Å². The molecule has 0 aliphatic carbocycles. The van der Waals surface area contributed by atoms with Crippen LogP contribution in [0.3, 0.4) is 0 Å². The molecule has 2 aromatic carbocycles. The third-order valence-electron chi connectivity index (χ3n) is 5.90. The van der Waals surface area contributed by atoms with Crippen LogP contribution in [0, 0.1) is 13.8 Å². The number of aromatic hydroxyl groups is 1. The summed E-state index contributed by atoms with van der Waals surface area (Å²) in [4.78, 5) is 15.2. The predicted octanol–water partition coefficient (Wildman–Crippen LogP) is 4.75. The summed E-state index contributed by atoms with van der Waals surface area (Å²) in [5.74, 6) is 1.39. The number of hydrogen-bond acceptors (Lipinski definition) is 5. The van der Waals surface area contributed by atoms with Gasteiger partial charge in [0.25, 0.3) is 5.91 Å². The molecule has 3 heterocycles. The molecule has 32 heavy (non-hydrogen) atoms. The average Bonchev–Trinajstić information content (AvgIpc) is 3.48. The number of aromatic amines is 1. The highest BCUT2D eigenvalue weighted by molar-refractivity contribution is 6.00. The number of carbonyl (C=O) groups is 1. The lowest BCUT2D eigenvalue weighted by Gasteiger charge is -2.26. The number of phenolic OH excluding ortho intramolecular Hbond substituents is 1. The number of carbonyl (C=O) groups excluding carboxylic acids is 1. The summed E-state index contributed by atoms with van der Waals surface area (Å²) in [7, 11) is 1.62. The molecule has 1 atom stereocenters. The van der Waals surface area contributed by atoms with Gasteiger partial charge >= 0.3 is 0 Å². The molecule has 0 spiro atoms. The van der Waals surface area contributed by atoms with Gasteiger partial charge in [-0.05, 0) is 60.9 Å². The number of methoxy groups -OCH3 is 1. The number of phenols is 1. The van der Waals surface area contributed by atoms with Crippen LogP contribution in [-0.2, 0) is 6.54 Å². The molecule has 1 aliphatic rings. The molecule has 5 rings (SSSR count). The average molecular weight is 429 g/mol. The van der Waals surface area contributed by atoms with Crippen molar-refractivity contribution in [2.24, 2.45) is 0 Å². The lowest BCUT2D eigenvalue weighted by molar-refractivity contribution is 0.0717. The fourth-order valence-electron chi connectivity index (χ4n) is 4.51. The van der Waals surface area contributed by atoms with Crippen molar-refractivity contribution in [3.8, 4) is 22.8 Å². The van der Waals surface area contributed by atoms with E-state index in [0.29, 0.717) is 29.3 Å². The first-order valence-electron chi connectivity index (χ1n) is 10.3. The summed E-state index contributed by atoms with van der Waals surface area (Å²) >= 11 is 0. The van der Waals surface area contributed by atoms with Crippen LogP contribution in [-0.4, -0.2) is 33.2 Å². The number of hydrogen-bond donors (Lipinski definition) is 2. The minimum Gasteiger partial charge on any atom is -0.507 e. The second-order valence-electron chi connectivity index (χ2n) is 8.02. The maximum absolute atomic E-state index is 13.4. The molecule has 7 nitrogen and oxygen atoms in total. The summed E-state index contributed by atoms with van der Waals surface area (Å²) < 4.78 is 10.8. The maximum Gasteiger partial charge on any atom is 0.273 e. The van der Waals surface area contributed by atoms with E-state index >= 15 is 0 Å². The lowest BCUT2D eigenvalue weighted by Crippen LogP contribution is -2.29. The SMILES string of the molecule is COc1ccc([C@@H]2c3c(-c4c(C)cc(C)cc4O)n[nH]c3C(=O)N2Cc2ccco2)cc1. The van der Waals surface area contributed by atoms with Gasteiger partial charge < -0.3 is 19.2 Å². The van der Waals surface area contributed by atoms with Crippen LogP contribution in [0.4, 0.5) is 0 Å². The number of aryl methyl sites for hydroxylation is 2. The Morgan fingerprint density at radius 2 is 1.97 bits per heavy atom. The molecular formula is C25H23N3O4. The number of H-pyrrole nitrogens is 1. The second-order valence-corrected chi connectivity index (χ2v) is 8.02. The first kappa shape index (κ1) is 19.9. The Balaban J connectivity index is 1.69. The van der Waals surface area contributed by atoms with E-state index in [9.17, 15) is 9.90 Å². The maximum atomic E-state index is 13.4. The largest absolute Gasteiger partial charge is 0.507 e. The molecule has 0 unspecified atom stereocenters. The zero-order valence-electron chi connectivity index (χ0n) is 18.0. The number of rotatable bonds is 5. The molecule has 1 amide bonds. The summed E-state index contributed by atoms with van der Waals surface area (Å²) in [6.07, 6.45) is 1.60. The Kier molecular flexibility index (Phi) is 4.74. The standard InChI is InChI=1S/C25H23N3O4/c1-14-11-15(2)20(19(29)12-14)22-21-23(27-26-22)25(30)28(13-18-5-4-10-32-18)24(21)16-6-8-17(31-3)9-7-16/h4-12,24,29H,13H2,1-3H3,(H,26,27)/t24-/m1/s1. The van der Waals surface area contributed by atoms with Crippen LogP contribution in [0.5, 0.6) is 11.5 Å². The van der Waals surface area contributed by atoms with Crippen LogP contribution in [0.1, 0.15) is 44.5 Å².